The molecule has 2 aromatic rings. The van der Waals surface area contributed by atoms with Gasteiger partial charge in [-0.1, -0.05) is 55.8 Å². The molecule has 0 aromatic heterocycles. The van der Waals surface area contributed by atoms with Crippen LogP contribution in [-0.4, -0.2) is 28.7 Å². The van der Waals surface area contributed by atoms with E-state index in [1.54, 1.807) is 24.3 Å². The minimum absolute atomic E-state index is 0.0329. The number of carbonyl (C=O) groups is 3. The standard InChI is InChI=1S/C22H23ClN2O3/c1-14(2)16-8-10-18(11-9-16)25-21(27)12-20(22(25)28)24(15(3)26)13-17-6-4-5-7-19(17)23/h4-11,14,20H,12-13H2,1-3H3. The number of amides is 3. The molecule has 3 rings (SSSR count). The van der Waals surface area contributed by atoms with E-state index < -0.39 is 6.04 Å². The summed E-state index contributed by atoms with van der Waals surface area (Å²) in [5, 5.41) is 0.520. The third-order valence-electron chi connectivity index (χ3n) is 5.02. The lowest BCUT2D eigenvalue weighted by Crippen LogP contribution is -2.44. The van der Waals surface area contributed by atoms with Crippen LogP contribution in [0.2, 0.25) is 5.02 Å². The van der Waals surface area contributed by atoms with Crippen molar-refractivity contribution in [1.82, 2.24) is 4.90 Å². The van der Waals surface area contributed by atoms with E-state index in [2.05, 4.69) is 13.8 Å². The summed E-state index contributed by atoms with van der Waals surface area (Å²) in [4.78, 5) is 40.5. The normalized spacial score (nSPS) is 16.8. The molecule has 0 radical (unpaired) electrons. The number of hydrogen-bond donors (Lipinski definition) is 0. The van der Waals surface area contributed by atoms with Gasteiger partial charge in [-0.3, -0.25) is 14.4 Å². The topological polar surface area (TPSA) is 57.7 Å². The van der Waals surface area contributed by atoms with Gasteiger partial charge in [-0.2, -0.15) is 0 Å². The van der Waals surface area contributed by atoms with Crippen molar-refractivity contribution in [3.8, 4) is 0 Å². The van der Waals surface area contributed by atoms with E-state index in [4.69, 9.17) is 11.6 Å². The summed E-state index contributed by atoms with van der Waals surface area (Å²) in [5.74, 6) is -0.610. The second kappa shape index (κ2) is 8.15. The maximum absolute atomic E-state index is 13.0. The number of halogens is 1. The van der Waals surface area contributed by atoms with Crippen LogP contribution < -0.4 is 4.90 Å². The molecule has 0 N–H and O–H groups in total. The molecule has 2 aromatic carbocycles. The molecular weight excluding hydrogens is 376 g/mol. The zero-order valence-corrected chi connectivity index (χ0v) is 16.9. The molecule has 1 atom stereocenters. The van der Waals surface area contributed by atoms with Gasteiger partial charge in [0.15, 0.2) is 0 Å². The van der Waals surface area contributed by atoms with Gasteiger partial charge in [-0.25, -0.2) is 4.90 Å². The van der Waals surface area contributed by atoms with Crippen LogP contribution in [0.4, 0.5) is 5.69 Å². The molecule has 1 unspecified atom stereocenters. The first kappa shape index (κ1) is 20.1. The van der Waals surface area contributed by atoms with Gasteiger partial charge in [0, 0.05) is 18.5 Å². The van der Waals surface area contributed by atoms with E-state index in [1.807, 2.05) is 24.3 Å². The Morgan fingerprint density at radius 1 is 1.14 bits per heavy atom. The average molecular weight is 399 g/mol. The molecule has 1 saturated heterocycles. The number of rotatable bonds is 5. The molecule has 0 bridgehead atoms. The van der Waals surface area contributed by atoms with E-state index in [1.165, 1.54) is 16.7 Å². The van der Waals surface area contributed by atoms with Gasteiger partial charge < -0.3 is 4.90 Å². The summed E-state index contributed by atoms with van der Waals surface area (Å²) in [7, 11) is 0. The van der Waals surface area contributed by atoms with Crippen molar-refractivity contribution in [2.45, 2.75) is 45.7 Å². The first-order chi connectivity index (χ1) is 13.3. The number of hydrogen-bond acceptors (Lipinski definition) is 3. The van der Waals surface area contributed by atoms with E-state index >= 15 is 0 Å². The van der Waals surface area contributed by atoms with Gasteiger partial charge in [-0.05, 0) is 35.2 Å². The van der Waals surface area contributed by atoms with Gasteiger partial charge in [0.2, 0.25) is 11.8 Å². The molecular formula is C22H23ClN2O3. The SMILES string of the molecule is CC(=O)N(Cc1ccccc1Cl)C1CC(=O)N(c2ccc(C(C)C)cc2)C1=O. The predicted molar refractivity (Wildman–Crippen MR) is 109 cm³/mol. The van der Waals surface area contributed by atoms with E-state index in [-0.39, 0.29) is 30.7 Å². The third kappa shape index (κ3) is 3.94. The van der Waals surface area contributed by atoms with E-state index in [9.17, 15) is 14.4 Å². The summed E-state index contributed by atoms with van der Waals surface area (Å²) in [6.45, 7) is 5.74. The minimum atomic E-state index is -0.828. The van der Waals surface area contributed by atoms with Crippen molar-refractivity contribution in [1.29, 1.82) is 0 Å². The molecule has 1 fully saturated rings. The molecule has 1 aliphatic heterocycles. The molecule has 3 amide bonds. The van der Waals surface area contributed by atoms with Crippen LogP contribution in [-0.2, 0) is 20.9 Å². The molecule has 6 heteroatoms. The third-order valence-corrected chi connectivity index (χ3v) is 5.39. The second-order valence-electron chi connectivity index (χ2n) is 7.27. The maximum Gasteiger partial charge on any atom is 0.257 e. The average Bonchev–Trinajstić information content (AvgIpc) is 2.95. The molecule has 1 aliphatic rings. The molecule has 0 aliphatic carbocycles. The van der Waals surface area contributed by atoms with Crippen LogP contribution in [0.1, 0.15) is 44.2 Å². The minimum Gasteiger partial charge on any atom is -0.326 e. The van der Waals surface area contributed by atoms with Crippen molar-refractivity contribution in [3.63, 3.8) is 0 Å². The monoisotopic (exact) mass is 398 g/mol. The summed E-state index contributed by atoms with van der Waals surface area (Å²) in [6, 6.07) is 13.7. The maximum atomic E-state index is 13.0. The second-order valence-corrected chi connectivity index (χ2v) is 7.68. The highest BCUT2D eigenvalue weighted by atomic mass is 35.5. The van der Waals surface area contributed by atoms with Crippen LogP contribution in [0.3, 0.4) is 0 Å². The lowest BCUT2D eigenvalue weighted by atomic mass is 10.0. The first-order valence-electron chi connectivity index (χ1n) is 9.27. The fourth-order valence-corrected chi connectivity index (χ4v) is 3.59. The lowest BCUT2D eigenvalue weighted by Gasteiger charge is -2.27. The summed E-state index contributed by atoms with van der Waals surface area (Å²) in [5.41, 5.74) is 2.39. The smallest absolute Gasteiger partial charge is 0.257 e. The predicted octanol–water partition coefficient (Wildman–Crippen LogP) is 4.14. The Hall–Kier alpha value is -2.66. The molecule has 1 heterocycles. The fraction of sp³-hybridized carbons (Fsp3) is 0.318. The van der Waals surface area contributed by atoms with Crippen LogP contribution in [0.15, 0.2) is 48.5 Å². The van der Waals surface area contributed by atoms with Gasteiger partial charge in [0.25, 0.3) is 5.91 Å². The molecule has 0 spiro atoms. The molecule has 146 valence electrons. The molecule has 5 nitrogen and oxygen atoms in total. The summed E-state index contributed by atoms with van der Waals surface area (Å²) >= 11 is 6.21. The van der Waals surface area contributed by atoms with E-state index in [0.29, 0.717) is 16.6 Å². The van der Waals surface area contributed by atoms with Crippen molar-refractivity contribution < 1.29 is 14.4 Å². The highest BCUT2D eigenvalue weighted by Crippen LogP contribution is 2.29. The van der Waals surface area contributed by atoms with Crippen LogP contribution in [0.25, 0.3) is 0 Å². The van der Waals surface area contributed by atoms with Gasteiger partial charge in [-0.15, -0.1) is 0 Å². The van der Waals surface area contributed by atoms with Crippen molar-refractivity contribution >= 4 is 35.0 Å². The van der Waals surface area contributed by atoms with Gasteiger partial charge in [0.05, 0.1) is 12.1 Å². The van der Waals surface area contributed by atoms with Crippen LogP contribution in [0, 0.1) is 0 Å². The zero-order valence-electron chi connectivity index (χ0n) is 16.2. The first-order valence-corrected chi connectivity index (χ1v) is 9.64. The number of carbonyl (C=O) groups excluding carboxylic acids is 3. The number of anilines is 1. The Kier molecular flexibility index (Phi) is 5.84. The van der Waals surface area contributed by atoms with Crippen LogP contribution in [0.5, 0.6) is 0 Å². The Balaban J connectivity index is 1.86. The van der Waals surface area contributed by atoms with Crippen LogP contribution >= 0.6 is 11.6 Å². The van der Waals surface area contributed by atoms with Gasteiger partial charge >= 0.3 is 0 Å². The van der Waals surface area contributed by atoms with E-state index in [0.717, 1.165) is 11.1 Å². The fourth-order valence-electron chi connectivity index (χ4n) is 3.39. The number of benzene rings is 2. The zero-order chi connectivity index (χ0) is 20.4. The Labute approximate surface area is 169 Å². The van der Waals surface area contributed by atoms with Crippen molar-refractivity contribution in [2.75, 3.05) is 4.90 Å². The number of nitrogens with zero attached hydrogens (tertiary/aromatic N) is 2. The highest BCUT2D eigenvalue weighted by molar-refractivity contribution is 6.31. The quantitative estimate of drug-likeness (QED) is 0.711. The Bertz CT molecular complexity index is 908. The molecule has 0 saturated carbocycles. The summed E-state index contributed by atoms with van der Waals surface area (Å²) < 4.78 is 0. The van der Waals surface area contributed by atoms with Crippen molar-refractivity contribution in [3.05, 3.63) is 64.7 Å². The Morgan fingerprint density at radius 2 is 1.79 bits per heavy atom. The summed E-state index contributed by atoms with van der Waals surface area (Å²) in [6.07, 6.45) is -0.0329. The highest BCUT2D eigenvalue weighted by Gasteiger charge is 2.43. The molecule has 28 heavy (non-hydrogen) atoms. The van der Waals surface area contributed by atoms with Crippen molar-refractivity contribution in [2.24, 2.45) is 0 Å². The number of imide groups is 1. The lowest BCUT2D eigenvalue weighted by molar-refractivity contribution is -0.137. The van der Waals surface area contributed by atoms with Gasteiger partial charge in [0.1, 0.15) is 6.04 Å². The Morgan fingerprint density at radius 3 is 2.36 bits per heavy atom. The largest absolute Gasteiger partial charge is 0.326 e.